The highest BCUT2D eigenvalue weighted by Gasteiger charge is 2.45. The number of hydrogen-bond acceptors (Lipinski definition) is 8. The monoisotopic (exact) mass is 414 g/mol. The fourth-order valence-electron chi connectivity index (χ4n) is 4.33. The second kappa shape index (κ2) is 7.60. The Labute approximate surface area is 172 Å². The van der Waals surface area contributed by atoms with Gasteiger partial charge in [0.15, 0.2) is 11.5 Å². The van der Waals surface area contributed by atoms with Crippen LogP contribution in [-0.2, 0) is 9.53 Å². The number of rotatable bonds is 5. The fourth-order valence-corrected chi connectivity index (χ4v) is 4.33. The predicted molar refractivity (Wildman–Crippen MR) is 102 cm³/mol. The molecule has 3 unspecified atom stereocenters. The zero-order valence-corrected chi connectivity index (χ0v) is 16.5. The molecule has 1 N–H and O–H groups in total. The minimum Gasteiger partial charge on any atom is -0.454 e. The first-order chi connectivity index (χ1) is 14.6. The molecular weight excluding hydrogens is 392 g/mol. The summed E-state index contributed by atoms with van der Waals surface area (Å²) in [4.78, 5) is 30.9. The van der Waals surface area contributed by atoms with Gasteiger partial charge in [0.2, 0.25) is 24.4 Å². The molecule has 0 bridgehead atoms. The second-order valence-corrected chi connectivity index (χ2v) is 7.68. The molecule has 1 aromatic heterocycles. The van der Waals surface area contributed by atoms with E-state index < -0.39 is 0 Å². The topological polar surface area (TPSA) is 116 Å². The van der Waals surface area contributed by atoms with E-state index in [4.69, 9.17) is 18.7 Å². The van der Waals surface area contributed by atoms with Crippen LogP contribution in [0.1, 0.15) is 31.1 Å². The highest BCUT2D eigenvalue weighted by molar-refractivity contribution is 5.98. The molecule has 3 heterocycles. The van der Waals surface area contributed by atoms with E-state index in [0.29, 0.717) is 42.7 Å². The first-order valence-corrected chi connectivity index (χ1v) is 9.98. The third kappa shape index (κ3) is 3.26. The number of fused-ring (bicyclic) bond motifs is 2. The molecule has 3 amide bonds. The molecule has 2 aromatic rings. The number of methoxy groups -OCH3 is 1. The molecule has 10 nitrogen and oxygen atoms in total. The van der Waals surface area contributed by atoms with Crippen LogP contribution in [0.15, 0.2) is 22.7 Å². The minimum atomic E-state index is -0.370. The van der Waals surface area contributed by atoms with E-state index in [9.17, 15) is 9.59 Å². The van der Waals surface area contributed by atoms with Gasteiger partial charge in [0.1, 0.15) is 0 Å². The van der Waals surface area contributed by atoms with Crippen molar-refractivity contribution in [3.05, 3.63) is 24.1 Å². The van der Waals surface area contributed by atoms with Crippen LogP contribution in [0.2, 0.25) is 0 Å². The molecule has 3 aliphatic rings. The lowest BCUT2D eigenvalue weighted by molar-refractivity contribution is -0.137. The summed E-state index contributed by atoms with van der Waals surface area (Å²) in [7, 11) is 1.54. The summed E-state index contributed by atoms with van der Waals surface area (Å²) in [5.74, 6) is 1.96. The molecule has 1 aromatic carbocycles. The number of carbonyl (C=O) groups is 2. The lowest BCUT2D eigenvalue weighted by Gasteiger charge is -2.41. The van der Waals surface area contributed by atoms with E-state index >= 15 is 0 Å². The molecule has 0 spiro atoms. The second-order valence-electron chi connectivity index (χ2n) is 7.68. The maximum absolute atomic E-state index is 12.7. The smallest absolute Gasteiger partial charge is 0.324 e. The minimum absolute atomic E-state index is 0.0138. The largest absolute Gasteiger partial charge is 0.454 e. The van der Waals surface area contributed by atoms with Gasteiger partial charge in [-0.15, -0.1) is 0 Å². The molecule has 30 heavy (non-hydrogen) atoms. The molecule has 158 valence electrons. The SMILES string of the molecule is COCCN1C(=O)NC2CC(c3nc(-c4ccc5c(c4)OCO5)no3)CCC2C1=O. The number of hydrogen-bond donors (Lipinski definition) is 1. The van der Waals surface area contributed by atoms with Crippen molar-refractivity contribution in [3.8, 4) is 22.9 Å². The van der Waals surface area contributed by atoms with Crippen molar-refractivity contribution in [3.63, 3.8) is 0 Å². The van der Waals surface area contributed by atoms with E-state index in [1.54, 1.807) is 7.11 Å². The van der Waals surface area contributed by atoms with E-state index in [2.05, 4.69) is 15.5 Å². The predicted octanol–water partition coefficient (Wildman–Crippen LogP) is 1.92. The molecule has 5 rings (SSSR count). The third-order valence-electron chi connectivity index (χ3n) is 5.93. The van der Waals surface area contributed by atoms with Crippen molar-refractivity contribution in [2.75, 3.05) is 27.1 Å². The normalized spacial score (nSPS) is 25.2. The molecule has 2 fully saturated rings. The summed E-state index contributed by atoms with van der Waals surface area (Å²) in [6.07, 6.45) is 1.98. The molecule has 1 saturated carbocycles. The molecule has 1 aliphatic carbocycles. The first-order valence-electron chi connectivity index (χ1n) is 9.98. The summed E-state index contributed by atoms with van der Waals surface area (Å²) < 4.78 is 21.3. The van der Waals surface area contributed by atoms with Crippen LogP contribution in [0.5, 0.6) is 11.5 Å². The van der Waals surface area contributed by atoms with Crippen LogP contribution in [0.4, 0.5) is 4.79 Å². The van der Waals surface area contributed by atoms with Crippen LogP contribution in [0.3, 0.4) is 0 Å². The fraction of sp³-hybridized carbons (Fsp3) is 0.500. The third-order valence-corrected chi connectivity index (χ3v) is 5.93. The van der Waals surface area contributed by atoms with Gasteiger partial charge < -0.3 is 24.1 Å². The number of nitrogens with one attached hydrogen (secondary N) is 1. The van der Waals surface area contributed by atoms with Gasteiger partial charge in [-0.3, -0.25) is 9.69 Å². The van der Waals surface area contributed by atoms with Crippen molar-refractivity contribution < 1.29 is 28.3 Å². The van der Waals surface area contributed by atoms with Crippen molar-refractivity contribution in [2.24, 2.45) is 5.92 Å². The zero-order valence-electron chi connectivity index (χ0n) is 16.5. The molecule has 0 radical (unpaired) electrons. The highest BCUT2D eigenvalue weighted by Crippen LogP contribution is 2.39. The quantitative estimate of drug-likeness (QED) is 0.789. The van der Waals surface area contributed by atoms with E-state index in [0.717, 1.165) is 12.0 Å². The van der Waals surface area contributed by atoms with Gasteiger partial charge in [0.25, 0.3) is 0 Å². The first kappa shape index (κ1) is 18.9. The maximum Gasteiger partial charge on any atom is 0.324 e. The summed E-state index contributed by atoms with van der Waals surface area (Å²) >= 11 is 0. The Balaban J connectivity index is 1.29. The molecule has 2 aliphatic heterocycles. The number of benzene rings is 1. The lowest BCUT2D eigenvalue weighted by atomic mass is 9.76. The summed E-state index contributed by atoms with van der Waals surface area (Å²) in [6.45, 7) is 0.786. The Kier molecular flexibility index (Phi) is 4.78. The summed E-state index contributed by atoms with van der Waals surface area (Å²) in [6, 6.07) is 4.89. The van der Waals surface area contributed by atoms with E-state index in [1.165, 1.54) is 4.90 Å². The number of imide groups is 1. The van der Waals surface area contributed by atoms with E-state index in [1.807, 2.05) is 18.2 Å². The average molecular weight is 414 g/mol. The Bertz CT molecular complexity index is 976. The number of nitrogens with zero attached hydrogens (tertiary/aromatic N) is 3. The number of amides is 3. The molecule has 3 atom stereocenters. The average Bonchev–Trinajstić information content (AvgIpc) is 3.42. The Morgan fingerprint density at radius 3 is 2.97 bits per heavy atom. The molecular formula is C20H22N4O6. The van der Waals surface area contributed by atoms with Crippen molar-refractivity contribution in [2.45, 2.75) is 31.2 Å². The van der Waals surface area contributed by atoms with Crippen molar-refractivity contribution in [1.29, 1.82) is 0 Å². The Morgan fingerprint density at radius 2 is 2.10 bits per heavy atom. The van der Waals surface area contributed by atoms with Crippen molar-refractivity contribution in [1.82, 2.24) is 20.4 Å². The van der Waals surface area contributed by atoms with Crippen LogP contribution >= 0.6 is 0 Å². The standard InChI is InChI=1S/C20H22N4O6/c1-27-7-6-24-19(25)13-4-2-12(8-14(13)21-20(24)26)18-22-17(23-30-18)11-3-5-15-16(9-11)29-10-28-15/h3,5,9,12-14H,2,4,6-8,10H2,1H3,(H,21,26). The maximum atomic E-state index is 12.7. The van der Waals surface area contributed by atoms with Crippen LogP contribution in [0, 0.1) is 5.92 Å². The van der Waals surface area contributed by atoms with Gasteiger partial charge in [-0.25, -0.2) is 4.79 Å². The number of carbonyl (C=O) groups excluding carboxylic acids is 2. The van der Waals surface area contributed by atoms with Gasteiger partial charge in [-0.1, -0.05) is 5.16 Å². The Hall–Kier alpha value is -3.14. The van der Waals surface area contributed by atoms with E-state index in [-0.39, 0.29) is 43.2 Å². The molecule has 10 heteroatoms. The van der Waals surface area contributed by atoms with Gasteiger partial charge in [-0.05, 0) is 37.5 Å². The van der Waals surface area contributed by atoms with Crippen molar-refractivity contribution >= 4 is 11.9 Å². The van der Waals surface area contributed by atoms with Gasteiger partial charge >= 0.3 is 6.03 Å². The van der Waals surface area contributed by atoms with Gasteiger partial charge in [0.05, 0.1) is 19.1 Å². The zero-order chi connectivity index (χ0) is 20.7. The number of ether oxygens (including phenoxy) is 3. The number of urea groups is 1. The molecule has 1 saturated heterocycles. The highest BCUT2D eigenvalue weighted by atomic mass is 16.7. The Morgan fingerprint density at radius 1 is 1.23 bits per heavy atom. The lowest BCUT2D eigenvalue weighted by Crippen LogP contribution is -2.61. The summed E-state index contributed by atoms with van der Waals surface area (Å²) in [5, 5.41) is 7.07. The van der Waals surface area contributed by atoms with Gasteiger partial charge in [-0.2, -0.15) is 4.98 Å². The van der Waals surface area contributed by atoms with Crippen LogP contribution in [0.25, 0.3) is 11.4 Å². The van der Waals surface area contributed by atoms with Gasteiger partial charge in [0, 0.05) is 24.6 Å². The van der Waals surface area contributed by atoms with Crippen LogP contribution < -0.4 is 14.8 Å². The number of aromatic nitrogens is 2. The summed E-state index contributed by atoms with van der Waals surface area (Å²) in [5.41, 5.74) is 0.776. The van der Waals surface area contributed by atoms with Crippen LogP contribution in [-0.4, -0.2) is 60.1 Å².